The largest absolute Gasteiger partial charge is 0.493 e. The maximum absolute atomic E-state index is 12.4. The SMILES string of the molecule is COc1cc(/C=N\Nc2nc(C)cs2)ccc1OC(=O)c1ccccc1C. The molecule has 2 aromatic carbocycles. The van der Waals surface area contributed by atoms with Crippen LogP contribution in [0.1, 0.15) is 27.2 Å². The van der Waals surface area contributed by atoms with Crippen molar-refractivity contribution in [3.63, 3.8) is 0 Å². The fourth-order valence-corrected chi connectivity index (χ4v) is 3.01. The summed E-state index contributed by atoms with van der Waals surface area (Å²) in [6.45, 7) is 3.79. The average molecular weight is 381 g/mol. The first-order chi connectivity index (χ1) is 13.1. The van der Waals surface area contributed by atoms with Crippen LogP contribution in [0.5, 0.6) is 11.5 Å². The number of thiazole rings is 1. The lowest BCUT2D eigenvalue weighted by Crippen LogP contribution is -2.10. The first-order valence-corrected chi connectivity index (χ1v) is 9.12. The van der Waals surface area contributed by atoms with Crippen LogP contribution in [0.3, 0.4) is 0 Å². The normalized spacial score (nSPS) is 10.8. The van der Waals surface area contributed by atoms with Crippen LogP contribution in [0, 0.1) is 13.8 Å². The van der Waals surface area contributed by atoms with Crippen LogP contribution in [-0.2, 0) is 0 Å². The Bertz CT molecular complexity index is 982. The lowest BCUT2D eigenvalue weighted by molar-refractivity contribution is 0.0729. The molecule has 3 aromatic rings. The maximum Gasteiger partial charge on any atom is 0.343 e. The van der Waals surface area contributed by atoms with Crippen molar-refractivity contribution in [1.29, 1.82) is 0 Å². The highest BCUT2D eigenvalue weighted by atomic mass is 32.1. The fourth-order valence-electron chi connectivity index (χ4n) is 2.37. The minimum Gasteiger partial charge on any atom is -0.493 e. The number of nitrogens with zero attached hydrogens (tertiary/aromatic N) is 2. The molecule has 0 atom stereocenters. The van der Waals surface area contributed by atoms with Gasteiger partial charge in [0.15, 0.2) is 11.5 Å². The molecule has 7 heteroatoms. The van der Waals surface area contributed by atoms with Gasteiger partial charge in [-0.2, -0.15) is 5.10 Å². The van der Waals surface area contributed by atoms with Crippen molar-refractivity contribution in [3.8, 4) is 11.5 Å². The topological polar surface area (TPSA) is 72.8 Å². The molecule has 0 radical (unpaired) electrons. The van der Waals surface area contributed by atoms with Crippen molar-refractivity contribution in [2.45, 2.75) is 13.8 Å². The Balaban J connectivity index is 1.72. The molecule has 0 amide bonds. The third kappa shape index (κ3) is 4.71. The Labute approximate surface area is 161 Å². The van der Waals surface area contributed by atoms with Gasteiger partial charge < -0.3 is 9.47 Å². The van der Waals surface area contributed by atoms with Crippen molar-refractivity contribution in [3.05, 3.63) is 70.2 Å². The number of aryl methyl sites for hydroxylation is 2. The second-order valence-electron chi connectivity index (χ2n) is 5.78. The Morgan fingerprint density at radius 3 is 2.70 bits per heavy atom. The zero-order valence-corrected chi connectivity index (χ0v) is 16.0. The van der Waals surface area contributed by atoms with E-state index in [1.807, 2.05) is 31.4 Å². The molecule has 1 aromatic heterocycles. The molecule has 0 fully saturated rings. The minimum absolute atomic E-state index is 0.353. The monoisotopic (exact) mass is 381 g/mol. The van der Waals surface area contributed by atoms with E-state index >= 15 is 0 Å². The number of methoxy groups -OCH3 is 1. The van der Waals surface area contributed by atoms with Crippen molar-refractivity contribution >= 4 is 28.7 Å². The summed E-state index contributed by atoms with van der Waals surface area (Å²) in [6.07, 6.45) is 1.65. The number of anilines is 1. The van der Waals surface area contributed by atoms with E-state index in [1.54, 1.807) is 36.5 Å². The highest BCUT2D eigenvalue weighted by Gasteiger charge is 2.14. The third-order valence-corrected chi connectivity index (χ3v) is 4.61. The predicted octanol–water partition coefficient (Wildman–Crippen LogP) is 4.43. The van der Waals surface area contributed by atoms with E-state index in [0.29, 0.717) is 17.1 Å². The quantitative estimate of drug-likeness (QED) is 0.296. The summed E-state index contributed by atoms with van der Waals surface area (Å²) in [6, 6.07) is 12.5. The molecule has 27 heavy (non-hydrogen) atoms. The van der Waals surface area contributed by atoms with Crippen molar-refractivity contribution in [1.82, 2.24) is 4.98 Å². The van der Waals surface area contributed by atoms with E-state index in [-0.39, 0.29) is 0 Å². The number of ether oxygens (including phenoxy) is 2. The molecule has 0 bridgehead atoms. The summed E-state index contributed by atoms with van der Waals surface area (Å²) >= 11 is 1.48. The molecule has 138 valence electrons. The smallest absolute Gasteiger partial charge is 0.343 e. The first-order valence-electron chi connectivity index (χ1n) is 8.24. The highest BCUT2D eigenvalue weighted by molar-refractivity contribution is 7.13. The molecule has 1 N–H and O–H groups in total. The maximum atomic E-state index is 12.4. The minimum atomic E-state index is -0.423. The number of hydrogen-bond donors (Lipinski definition) is 1. The van der Waals surface area contributed by atoms with E-state index in [2.05, 4.69) is 15.5 Å². The number of esters is 1. The van der Waals surface area contributed by atoms with Gasteiger partial charge in [0, 0.05) is 5.38 Å². The van der Waals surface area contributed by atoms with Gasteiger partial charge in [-0.25, -0.2) is 9.78 Å². The number of hydrazone groups is 1. The summed E-state index contributed by atoms with van der Waals surface area (Å²) in [5.41, 5.74) is 5.99. The number of benzene rings is 2. The van der Waals surface area contributed by atoms with Gasteiger partial charge in [0.2, 0.25) is 5.13 Å². The Kier molecular flexibility index (Phi) is 5.83. The Morgan fingerprint density at radius 2 is 2.00 bits per heavy atom. The van der Waals surface area contributed by atoms with Gasteiger partial charge in [0.05, 0.1) is 24.6 Å². The number of aromatic nitrogens is 1. The van der Waals surface area contributed by atoms with Crippen LogP contribution in [0.25, 0.3) is 0 Å². The summed E-state index contributed by atoms with van der Waals surface area (Å²) in [5.74, 6) is 0.381. The highest BCUT2D eigenvalue weighted by Crippen LogP contribution is 2.28. The molecule has 1 heterocycles. The molecular weight excluding hydrogens is 362 g/mol. The van der Waals surface area contributed by atoms with Crippen molar-refractivity contribution < 1.29 is 14.3 Å². The number of rotatable bonds is 6. The van der Waals surface area contributed by atoms with Crippen LogP contribution in [0.4, 0.5) is 5.13 Å². The standard InChI is InChI=1S/C20H19N3O3S/c1-13-6-4-5-7-16(13)19(24)26-17-9-8-15(10-18(17)25-3)11-21-23-20-22-14(2)12-27-20/h4-12H,1-3H3,(H,22,23)/b21-11-. The summed E-state index contributed by atoms with van der Waals surface area (Å²) < 4.78 is 10.9. The molecular formula is C20H19N3O3S. The van der Waals surface area contributed by atoms with Gasteiger partial charge in [0.1, 0.15) is 0 Å². The van der Waals surface area contributed by atoms with E-state index < -0.39 is 5.97 Å². The van der Waals surface area contributed by atoms with Gasteiger partial charge in [-0.15, -0.1) is 11.3 Å². The van der Waals surface area contributed by atoms with Gasteiger partial charge in [-0.3, -0.25) is 5.43 Å². The number of carbonyl (C=O) groups is 1. The average Bonchev–Trinajstić information content (AvgIpc) is 3.08. The van der Waals surface area contributed by atoms with Gasteiger partial charge >= 0.3 is 5.97 Å². The van der Waals surface area contributed by atoms with Crippen LogP contribution >= 0.6 is 11.3 Å². The Morgan fingerprint density at radius 1 is 1.19 bits per heavy atom. The summed E-state index contributed by atoms with van der Waals surface area (Å²) in [7, 11) is 1.53. The second kappa shape index (κ2) is 8.46. The summed E-state index contributed by atoms with van der Waals surface area (Å²) in [4.78, 5) is 16.7. The molecule has 0 saturated heterocycles. The zero-order valence-electron chi connectivity index (χ0n) is 15.2. The molecule has 6 nitrogen and oxygen atoms in total. The van der Waals surface area contributed by atoms with E-state index in [1.165, 1.54) is 18.4 Å². The molecule has 0 saturated carbocycles. The van der Waals surface area contributed by atoms with E-state index in [9.17, 15) is 4.79 Å². The van der Waals surface area contributed by atoms with Crippen molar-refractivity contribution in [2.75, 3.05) is 12.5 Å². The second-order valence-corrected chi connectivity index (χ2v) is 6.64. The lowest BCUT2D eigenvalue weighted by Gasteiger charge is -2.11. The molecule has 0 unspecified atom stereocenters. The Hall–Kier alpha value is -3.19. The molecule has 0 aliphatic rings. The van der Waals surface area contributed by atoms with Crippen molar-refractivity contribution in [2.24, 2.45) is 5.10 Å². The van der Waals surface area contributed by atoms with Crippen LogP contribution in [0.15, 0.2) is 52.9 Å². The molecule has 3 rings (SSSR count). The van der Waals surface area contributed by atoms with E-state index in [0.717, 1.165) is 22.0 Å². The third-order valence-electron chi connectivity index (χ3n) is 3.75. The molecule has 0 spiro atoms. The van der Waals surface area contributed by atoms with Crippen LogP contribution in [-0.4, -0.2) is 24.3 Å². The van der Waals surface area contributed by atoms with Crippen LogP contribution in [0.2, 0.25) is 0 Å². The fraction of sp³-hybridized carbons (Fsp3) is 0.150. The molecule has 0 aliphatic carbocycles. The number of nitrogens with one attached hydrogen (secondary N) is 1. The van der Waals surface area contributed by atoms with Gasteiger partial charge in [0.25, 0.3) is 0 Å². The van der Waals surface area contributed by atoms with Gasteiger partial charge in [-0.05, 0) is 49.2 Å². The number of hydrogen-bond acceptors (Lipinski definition) is 7. The molecule has 0 aliphatic heterocycles. The van der Waals surface area contributed by atoms with Gasteiger partial charge in [-0.1, -0.05) is 18.2 Å². The number of carbonyl (C=O) groups excluding carboxylic acids is 1. The lowest BCUT2D eigenvalue weighted by atomic mass is 10.1. The van der Waals surface area contributed by atoms with E-state index in [4.69, 9.17) is 9.47 Å². The predicted molar refractivity (Wildman–Crippen MR) is 107 cm³/mol. The summed E-state index contributed by atoms with van der Waals surface area (Å²) in [5, 5.41) is 6.82. The first kappa shape index (κ1) is 18.6. The van der Waals surface area contributed by atoms with Crippen LogP contribution < -0.4 is 14.9 Å². The zero-order chi connectivity index (χ0) is 19.2.